The topological polar surface area (TPSA) is 55.6 Å². The van der Waals surface area contributed by atoms with E-state index in [-0.39, 0.29) is 11.7 Å². The maximum Gasteiger partial charge on any atom is 0.292 e. The zero-order valence-corrected chi connectivity index (χ0v) is 9.60. The van der Waals surface area contributed by atoms with Crippen LogP contribution in [0.5, 0.6) is 5.88 Å². The van der Waals surface area contributed by atoms with Crippen LogP contribution in [-0.4, -0.2) is 36.2 Å². The van der Waals surface area contributed by atoms with Crippen LogP contribution in [0.15, 0.2) is 10.6 Å². The van der Waals surface area contributed by atoms with Crippen molar-refractivity contribution in [3.8, 4) is 5.88 Å². The van der Waals surface area contributed by atoms with Gasteiger partial charge in [-0.2, -0.15) is 0 Å². The van der Waals surface area contributed by atoms with Crippen molar-refractivity contribution in [1.29, 1.82) is 0 Å². The minimum atomic E-state index is -0.0947. The second-order valence-electron chi connectivity index (χ2n) is 4.21. The number of rotatable bonds is 2. The molecule has 5 nitrogen and oxygen atoms in total. The largest absolute Gasteiger partial charge is 0.479 e. The highest BCUT2D eigenvalue weighted by Crippen LogP contribution is 2.19. The van der Waals surface area contributed by atoms with Gasteiger partial charge in [-0.1, -0.05) is 6.92 Å². The van der Waals surface area contributed by atoms with Gasteiger partial charge in [-0.05, 0) is 23.9 Å². The van der Waals surface area contributed by atoms with E-state index in [4.69, 9.17) is 9.26 Å². The molecule has 1 saturated heterocycles. The van der Waals surface area contributed by atoms with E-state index in [1.54, 1.807) is 4.90 Å². The Labute approximate surface area is 94.3 Å². The molecule has 0 aliphatic carbocycles. The summed E-state index contributed by atoms with van der Waals surface area (Å²) in [5.74, 6) is 1.20. The minimum absolute atomic E-state index is 0.0947. The molecule has 0 atom stereocenters. The quantitative estimate of drug-likeness (QED) is 0.764. The Morgan fingerprint density at radius 3 is 2.81 bits per heavy atom. The monoisotopic (exact) mass is 224 g/mol. The summed E-state index contributed by atoms with van der Waals surface area (Å²) < 4.78 is 9.80. The van der Waals surface area contributed by atoms with E-state index in [1.165, 1.54) is 13.2 Å². The Balaban J connectivity index is 2.01. The molecule has 1 aliphatic rings. The Bertz CT molecular complexity index is 367. The summed E-state index contributed by atoms with van der Waals surface area (Å²) in [6.45, 7) is 3.80. The normalized spacial score (nSPS) is 17.5. The third kappa shape index (κ3) is 2.18. The molecule has 0 spiro atoms. The van der Waals surface area contributed by atoms with Gasteiger partial charge in [-0.3, -0.25) is 4.79 Å². The average molecular weight is 224 g/mol. The number of piperidine rings is 1. The van der Waals surface area contributed by atoms with Crippen molar-refractivity contribution >= 4 is 5.91 Å². The molecular formula is C11H16N2O3. The molecular weight excluding hydrogens is 208 g/mol. The van der Waals surface area contributed by atoms with Gasteiger partial charge in [0.1, 0.15) is 0 Å². The van der Waals surface area contributed by atoms with E-state index in [1.807, 2.05) is 0 Å². The summed E-state index contributed by atoms with van der Waals surface area (Å²) in [5, 5.41) is 3.62. The first-order valence-electron chi connectivity index (χ1n) is 5.50. The minimum Gasteiger partial charge on any atom is -0.479 e. The predicted octanol–water partition coefficient (Wildman–Crippen LogP) is 1.56. The van der Waals surface area contributed by atoms with Gasteiger partial charge < -0.3 is 14.2 Å². The third-order valence-corrected chi connectivity index (χ3v) is 2.98. The molecule has 2 heterocycles. The van der Waals surface area contributed by atoms with Crippen LogP contribution in [0.2, 0.25) is 0 Å². The molecule has 1 aromatic rings. The number of carbonyl (C=O) groups excluding carboxylic acids is 1. The molecule has 1 aliphatic heterocycles. The summed E-state index contributed by atoms with van der Waals surface area (Å²) in [4.78, 5) is 13.8. The van der Waals surface area contributed by atoms with Crippen molar-refractivity contribution in [1.82, 2.24) is 10.1 Å². The molecule has 0 radical (unpaired) electrons. The van der Waals surface area contributed by atoms with Crippen molar-refractivity contribution in [2.24, 2.45) is 5.92 Å². The van der Waals surface area contributed by atoms with Crippen LogP contribution >= 0.6 is 0 Å². The number of methoxy groups -OCH3 is 1. The maximum absolute atomic E-state index is 12.0. The van der Waals surface area contributed by atoms with Gasteiger partial charge in [0.05, 0.1) is 13.2 Å². The molecule has 0 unspecified atom stereocenters. The molecule has 0 bridgehead atoms. The molecule has 5 heteroatoms. The van der Waals surface area contributed by atoms with Gasteiger partial charge in [0.2, 0.25) is 5.76 Å². The number of hydrogen-bond acceptors (Lipinski definition) is 4. The first-order chi connectivity index (χ1) is 7.70. The Morgan fingerprint density at radius 2 is 2.25 bits per heavy atom. The molecule has 0 N–H and O–H groups in total. The van der Waals surface area contributed by atoms with Crippen molar-refractivity contribution in [3.63, 3.8) is 0 Å². The van der Waals surface area contributed by atoms with Crippen molar-refractivity contribution in [2.45, 2.75) is 19.8 Å². The molecule has 1 aromatic heterocycles. The van der Waals surface area contributed by atoms with E-state index in [9.17, 15) is 4.79 Å². The maximum atomic E-state index is 12.0. The number of ether oxygens (including phenoxy) is 1. The zero-order chi connectivity index (χ0) is 11.5. The fraction of sp³-hybridized carbons (Fsp3) is 0.636. The van der Waals surface area contributed by atoms with Gasteiger partial charge in [-0.25, -0.2) is 0 Å². The van der Waals surface area contributed by atoms with Gasteiger partial charge in [0, 0.05) is 13.1 Å². The van der Waals surface area contributed by atoms with Crippen molar-refractivity contribution in [2.75, 3.05) is 20.2 Å². The highest BCUT2D eigenvalue weighted by molar-refractivity contribution is 5.91. The number of carbonyl (C=O) groups is 1. The number of aromatic nitrogens is 1. The summed E-state index contributed by atoms with van der Waals surface area (Å²) in [5.41, 5.74) is 0. The van der Waals surface area contributed by atoms with Crippen LogP contribution in [0.25, 0.3) is 0 Å². The Hall–Kier alpha value is -1.52. The van der Waals surface area contributed by atoms with Crippen LogP contribution in [0.1, 0.15) is 30.3 Å². The SMILES string of the molecule is COc1cc(C(=O)N2CCC(C)CC2)on1. The van der Waals surface area contributed by atoms with Crippen LogP contribution in [-0.2, 0) is 0 Å². The van der Waals surface area contributed by atoms with Crippen LogP contribution < -0.4 is 4.74 Å². The first-order valence-corrected chi connectivity index (χ1v) is 5.50. The summed E-state index contributed by atoms with van der Waals surface area (Å²) in [6.07, 6.45) is 2.11. The smallest absolute Gasteiger partial charge is 0.292 e. The lowest BCUT2D eigenvalue weighted by molar-refractivity contribution is 0.0655. The zero-order valence-electron chi connectivity index (χ0n) is 9.60. The lowest BCUT2D eigenvalue weighted by Gasteiger charge is -2.29. The lowest BCUT2D eigenvalue weighted by Crippen LogP contribution is -2.37. The highest BCUT2D eigenvalue weighted by Gasteiger charge is 2.24. The van der Waals surface area contributed by atoms with Crippen LogP contribution in [0, 0.1) is 5.92 Å². The number of likely N-dealkylation sites (tertiary alicyclic amines) is 1. The number of nitrogens with zero attached hydrogens (tertiary/aromatic N) is 2. The predicted molar refractivity (Wildman–Crippen MR) is 57.4 cm³/mol. The second-order valence-corrected chi connectivity index (χ2v) is 4.21. The van der Waals surface area contributed by atoms with E-state index < -0.39 is 0 Å². The standard InChI is InChI=1S/C11H16N2O3/c1-8-3-5-13(6-4-8)11(14)9-7-10(15-2)12-16-9/h7-8H,3-6H2,1-2H3. The van der Waals surface area contributed by atoms with E-state index in [0.29, 0.717) is 11.8 Å². The van der Waals surface area contributed by atoms with Crippen molar-refractivity contribution in [3.05, 3.63) is 11.8 Å². The molecule has 88 valence electrons. The molecule has 1 amide bonds. The van der Waals surface area contributed by atoms with E-state index in [0.717, 1.165) is 25.9 Å². The Morgan fingerprint density at radius 1 is 1.56 bits per heavy atom. The van der Waals surface area contributed by atoms with Crippen molar-refractivity contribution < 1.29 is 14.1 Å². The third-order valence-electron chi connectivity index (χ3n) is 2.98. The summed E-state index contributed by atoms with van der Waals surface area (Å²) in [6, 6.07) is 1.53. The molecule has 0 aromatic carbocycles. The highest BCUT2D eigenvalue weighted by atomic mass is 16.5. The lowest BCUT2D eigenvalue weighted by atomic mass is 9.99. The fourth-order valence-corrected chi connectivity index (χ4v) is 1.82. The molecule has 2 rings (SSSR count). The van der Waals surface area contributed by atoms with E-state index in [2.05, 4.69) is 12.1 Å². The summed E-state index contributed by atoms with van der Waals surface area (Å²) >= 11 is 0. The first kappa shape index (κ1) is 11.0. The van der Waals surface area contributed by atoms with Gasteiger partial charge in [-0.15, -0.1) is 0 Å². The second kappa shape index (κ2) is 4.55. The fourth-order valence-electron chi connectivity index (χ4n) is 1.82. The number of hydrogen-bond donors (Lipinski definition) is 0. The molecule has 1 fully saturated rings. The van der Waals surface area contributed by atoms with Gasteiger partial charge in [0.25, 0.3) is 11.8 Å². The van der Waals surface area contributed by atoms with Crippen LogP contribution in [0.3, 0.4) is 0 Å². The number of amides is 1. The van der Waals surface area contributed by atoms with Gasteiger partial charge >= 0.3 is 0 Å². The molecule has 16 heavy (non-hydrogen) atoms. The Kier molecular flexibility index (Phi) is 3.12. The van der Waals surface area contributed by atoms with Crippen LogP contribution in [0.4, 0.5) is 0 Å². The van der Waals surface area contributed by atoms with E-state index >= 15 is 0 Å². The molecule has 0 saturated carbocycles. The summed E-state index contributed by atoms with van der Waals surface area (Å²) in [7, 11) is 1.49. The average Bonchev–Trinajstić information content (AvgIpc) is 2.77. The van der Waals surface area contributed by atoms with Gasteiger partial charge in [0.15, 0.2) is 0 Å².